The summed E-state index contributed by atoms with van der Waals surface area (Å²) in [4.78, 5) is 19.8. The van der Waals surface area contributed by atoms with Gasteiger partial charge in [-0.1, -0.05) is 6.07 Å². The van der Waals surface area contributed by atoms with Gasteiger partial charge in [-0.25, -0.2) is 4.39 Å². The molecule has 2 N–H and O–H groups in total. The number of halogens is 1. The third-order valence-electron chi connectivity index (χ3n) is 3.95. The molecule has 0 bridgehead atoms. The van der Waals surface area contributed by atoms with E-state index in [9.17, 15) is 9.18 Å². The predicted octanol–water partition coefficient (Wildman–Crippen LogP) is 3.09. The van der Waals surface area contributed by atoms with Gasteiger partial charge in [0.2, 0.25) is 0 Å². The van der Waals surface area contributed by atoms with Gasteiger partial charge in [-0.2, -0.15) is 0 Å². The molecule has 0 saturated heterocycles. The van der Waals surface area contributed by atoms with Crippen LogP contribution in [0.5, 0.6) is 0 Å². The van der Waals surface area contributed by atoms with Gasteiger partial charge >= 0.3 is 0 Å². The van der Waals surface area contributed by atoms with Crippen molar-refractivity contribution in [3.63, 3.8) is 0 Å². The Morgan fingerprint density at radius 2 is 2.08 bits per heavy atom. The second-order valence-electron chi connectivity index (χ2n) is 6.11. The minimum absolute atomic E-state index is 0.173. The van der Waals surface area contributed by atoms with Crippen LogP contribution in [-0.2, 0) is 13.0 Å². The van der Waals surface area contributed by atoms with Gasteiger partial charge in [0.05, 0.1) is 0 Å². The number of rotatable bonds is 5. The maximum absolute atomic E-state index is 13.2. The van der Waals surface area contributed by atoms with Gasteiger partial charge in [0.25, 0.3) is 0 Å². The Morgan fingerprint density at radius 1 is 1.25 bits per heavy atom. The van der Waals surface area contributed by atoms with Gasteiger partial charge in [-0.15, -0.1) is 0 Å². The molecule has 1 aromatic carbocycles. The number of hydrogen-bond donors (Lipinski definition) is 2. The molecular weight excluding hydrogens is 305 g/mol. The number of aryl methyl sites for hydroxylation is 1. The summed E-state index contributed by atoms with van der Waals surface area (Å²) in [6.07, 6.45) is 0.810. The van der Waals surface area contributed by atoms with E-state index in [0.717, 1.165) is 23.5 Å². The number of aromatic amines is 1. The van der Waals surface area contributed by atoms with E-state index in [2.05, 4.69) is 22.2 Å². The van der Waals surface area contributed by atoms with Crippen molar-refractivity contribution in [1.82, 2.24) is 15.3 Å². The molecule has 0 saturated carbocycles. The van der Waals surface area contributed by atoms with Crippen molar-refractivity contribution in [3.8, 4) is 0 Å². The fourth-order valence-corrected chi connectivity index (χ4v) is 2.75. The summed E-state index contributed by atoms with van der Waals surface area (Å²) in [5.41, 5.74) is 3.30. The smallest absolute Gasteiger partial charge is 0.189 e. The standard InChI is InChI=1S/C19H20FN3O/c1-12-4-3-5-15(22-12)8-13(2)21-11-16-10-19(24)17-9-14(20)6-7-18(17)23-16/h3-7,9-10,13,21H,8,11H2,1-2H3,(H,23,24)/t13-/m0/s1. The van der Waals surface area contributed by atoms with E-state index in [0.29, 0.717) is 17.4 Å². The molecule has 0 unspecified atom stereocenters. The van der Waals surface area contributed by atoms with Crippen LogP contribution < -0.4 is 10.7 Å². The lowest BCUT2D eigenvalue weighted by Gasteiger charge is -2.14. The topological polar surface area (TPSA) is 57.8 Å². The van der Waals surface area contributed by atoms with Gasteiger partial charge in [0, 0.05) is 53.1 Å². The molecule has 3 rings (SSSR count). The van der Waals surface area contributed by atoms with Crippen molar-refractivity contribution in [2.75, 3.05) is 0 Å². The van der Waals surface area contributed by atoms with Gasteiger partial charge in [0.15, 0.2) is 5.43 Å². The van der Waals surface area contributed by atoms with Crippen LogP contribution in [0.2, 0.25) is 0 Å². The SMILES string of the molecule is Cc1cccc(C[C@H](C)NCc2cc(=O)c3cc(F)ccc3[nH]2)n1. The number of hydrogen-bond acceptors (Lipinski definition) is 3. The van der Waals surface area contributed by atoms with E-state index in [1.54, 1.807) is 6.07 Å². The molecule has 124 valence electrons. The molecule has 0 radical (unpaired) electrons. The van der Waals surface area contributed by atoms with Gasteiger partial charge in [0.1, 0.15) is 5.82 Å². The second-order valence-corrected chi connectivity index (χ2v) is 6.11. The lowest BCUT2D eigenvalue weighted by molar-refractivity contribution is 0.535. The molecule has 0 aliphatic heterocycles. The quantitative estimate of drug-likeness (QED) is 0.758. The number of benzene rings is 1. The number of H-pyrrole nitrogens is 1. The van der Waals surface area contributed by atoms with Crippen LogP contribution in [0.15, 0.2) is 47.3 Å². The Morgan fingerprint density at radius 3 is 2.88 bits per heavy atom. The lowest BCUT2D eigenvalue weighted by Crippen LogP contribution is -2.28. The van der Waals surface area contributed by atoms with Gasteiger partial charge in [-0.05, 0) is 44.2 Å². The number of fused-ring (bicyclic) bond motifs is 1. The van der Waals surface area contributed by atoms with Crippen LogP contribution >= 0.6 is 0 Å². The predicted molar refractivity (Wildman–Crippen MR) is 93.5 cm³/mol. The van der Waals surface area contributed by atoms with Crippen LogP contribution in [0, 0.1) is 12.7 Å². The summed E-state index contributed by atoms with van der Waals surface area (Å²) in [6, 6.07) is 11.9. The van der Waals surface area contributed by atoms with E-state index in [1.807, 2.05) is 25.1 Å². The molecule has 1 atom stereocenters. The molecule has 4 nitrogen and oxygen atoms in total. The van der Waals surface area contributed by atoms with Crippen LogP contribution in [0.4, 0.5) is 4.39 Å². The first-order valence-corrected chi connectivity index (χ1v) is 7.98. The average Bonchev–Trinajstić information content (AvgIpc) is 2.54. The molecule has 5 heteroatoms. The van der Waals surface area contributed by atoms with Gasteiger partial charge < -0.3 is 10.3 Å². The highest BCUT2D eigenvalue weighted by Gasteiger charge is 2.07. The molecule has 2 heterocycles. The van der Waals surface area contributed by atoms with Crippen LogP contribution in [0.1, 0.15) is 24.0 Å². The second kappa shape index (κ2) is 6.93. The fraction of sp³-hybridized carbons (Fsp3) is 0.263. The summed E-state index contributed by atoms with van der Waals surface area (Å²) in [6.45, 7) is 4.60. The van der Waals surface area contributed by atoms with Crippen molar-refractivity contribution in [2.24, 2.45) is 0 Å². The highest BCUT2D eigenvalue weighted by molar-refractivity contribution is 5.78. The molecule has 3 aromatic rings. The monoisotopic (exact) mass is 325 g/mol. The molecule has 0 fully saturated rings. The molecule has 2 aromatic heterocycles. The molecule has 0 spiro atoms. The zero-order valence-electron chi connectivity index (χ0n) is 13.8. The maximum atomic E-state index is 13.2. The minimum atomic E-state index is -0.404. The number of nitrogens with zero attached hydrogens (tertiary/aromatic N) is 1. The Balaban J connectivity index is 1.69. The van der Waals surface area contributed by atoms with E-state index >= 15 is 0 Å². The summed E-state index contributed by atoms with van der Waals surface area (Å²) < 4.78 is 13.2. The number of nitrogens with one attached hydrogen (secondary N) is 2. The number of aromatic nitrogens is 2. The Bertz CT molecular complexity index is 920. The Kier molecular flexibility index (Phi) is 4.71. The van der Waals surface area contributed by atoms with E-state index in [4.69, 9.17) is 0 Å². The first kappa shape index (κ1) is 16.3. The summed E-state index contributed by atoms with van der Waals surface area (Å²) in [7, 11) is 0. The summed E-state index contributed by atoms with van der Waals surface area (Å²) in [5, 5.41) is 3.76. The first-order valence-electron chi connectivity index (χ1n) is 7.98. The van der Waals surface area contributed by atoms with E-state index in [1.165, 1.54) is 18.2 Å². The zero-order chi connectivity index (χ0) is 17.1. The average molecular weight is 325 g/mol. The summed E-state index contributed by atoms with van der Waals surface area (Å²) in [5.74, 6) is -0.404. The fourth-order valence-electron chi connectivity index (χ4n) is 2.75. The van der Waals surface area contributed by atoms with Crippen molar-refractivity contribution >= 4 is 10.9 Å². The van der Waals surface area contributed by atoms with E-state index < -0.39 is 5.82 Å². The molecule has 0 aliphatic rings. The Labute approximate surface area is 139 Å². The molecule has 0 amide bonds. The van der Waals surface area contributed by atoms with Gasteiger partial charge in [-0.3, -0.25) is 9.78 Å². The van der Waals surface area contributed by atoms with Crippen molar-refractivity contribution < 1.29 is 4.39 Å². The maximum Gasteiger partial charge on any atom is 0.189 e. The minimum Gasteiger partial charge on any atom is -0.357 e. The molecular formula is C19H20FN3O. The lowest BCUT2D eigenvalue weighted by atomic mass is 10.1. The van der Waals surface area contributed by atoms with Crippen molar-refractivity contribution in [3.05, 3.63) is 75.6 Å². The first-order chi connectivity index (χ1) is 11.5. The summed E-state index contributed by atoms with van der Waals surface area (Å²) >= 11 is 0. The third kappa shape index (κ3) is 3.86. The largest absolute Gasteiger partial charge is 0.357 e. The third-order valence-corrected chi connectivity index (χ3v) is 3.95. The Hall–Kier alpha value is -2.53. The van der Waals surface area contributed by atoms with Crippen molar-refractivity contribution in [2.45, 2.75) is 32.9 Å². The van der Waals surface area contributed by atoms with Crippen molar-refractivity contribution in [1.29, 1.82) is 0 Å². The van der Waals surface area contributed by atoms with Crippen LogP contribution in [0.25, 0.3) is 10.9 Å². The highest BCUT2D eigenvalue weighted by Crippen LogP contribution is 2.10. The van der Waals surface area contributed by atoms with E-state index in [-0.39, 0.29) is 11.5 Å². The zero-order valence-corrected chi connectivity index (χ0v) is 13.8. The normalized spacial score (nSPS) is 12.5. The molecule has 24 heavy (non-hydrogen) atoms. The van der Waals surface area contributed by atoms with Crippen LogP contribution in [-0.4, -0.2) is 16.0 Å². The van der Waals surface area contributed by atoms with Crippen LogP contribution in [0.3, 0.4) is 0 Å². The molecule has 0 aliphatic carbocycles. The number of pyridine rings is 2. The highest BCUT2D eigenvalue weighted by atomic mass is 19.1.